The summed E-state index contributed by atoms with van der Waals surface area (Å²) in [4.78, 5) is 0. The van der Waals surface area contributed by atoms with Crippen LogP contribution in [-0.2, 0) is 6.54 Å². The molecule has 0 amide bonds. The zero-order chi connectivity index (χ0) is 10.7. The van der Waals surface area contributed by atoms with Crippen LogP contribution in [0, 0.1) is 0 Å². The van der Waals surface area contributed by atoms with E-state index in [0.29, 0.717) is 12.5 Å². The standard InChI is InChI=1S/C13H18FN/c14-13-7-5-12(6-8-13)11-3-1-10(9-15)2-4-11/h1-4,12-13H,5-9,15H2. The highest BCUT2D eigenvalue weighted by atomic mass is 19.1. The van der Waals surface area contributed by atoms with Crippen molar-refractivity contribution in [2.24, 2.45) is 5.73 Å². The summed E-state index contributed by atoms with van der Waals surface area (Å²) >= 11 is 0. The average molecular weight is 207 g/mol. The van der Waals surface area contributed by atoms with Crippen LogP contribution in [0.3, 0.4) is 0 Å². The molecule has 0 radical (unpaired) electrons. The molecule has 0 bridgehead atoms. The van der Waals surface area contributed by atoms with Crippen LogP contribution in [0.15, 0.2) is 24.3 Å². The van der Waals surface area contributed by atoms with Crippen LogP contribution in [0.5, 0.6) is 0 Å². The second-order valence-electron chi connectivity index (χ2n) is 4.39. The van der Waals surface area contributed by atoms with Crippen molar-refractivity contribution in [2.45, 2.75) is 44.3 Å². The number of benzene rings is 1. The van der Waals surface area contributed by atoms with Gasteiger partial charge < -0.3 is 5.73 Å². The van der Waals surface area contributed by atoms with Gasteiger partial charge in [-0.1, -0.05) is 24.3 Å². The highest BCUT2D eigenvalue weighted by molar-refractivity contribution is 5.25. The number of alkyl halides is 1. The van der Waals surface area contributed by atoms with Crippen LogP contribution >= 0.6 is 0 Å². The van der Waals surface area contributed by atoms with Gasteiger partial charge in [0.2, 0.25) is 0 Å². The monoisotopic (exact) mass is 207 g/mol. The summed E-state index contributed by atoms with van der Waals surface area (Å²) in [6.07, 6.45) is 2.86. The van der Waals surface area contributed by atoms with Crippen LogP contribution in [0.25, 0.3) is 0 Å². The highest BCUT2D eigenvalue weighted by Crippen LogP contribution is 2.33. The van der Waals surface area contributed by atoms with Crippen LogP contribution in [0.2, 0.25) is 0 Å². The van der Waals surface area contributed by atoms with Gasteiger partial charge in [0, 0.05) is 6.54 Å². The minimum Gasteiger partial charge on any atom is -0.326 e. The molecule has 2 N–H and O–H groups in total. The summed E-state index contributed by atoms with van der Waals surface area (Å²) < 4.78 is 13.0. The molecule has 0 heterocycles. The van der Waals surface area contributed by atoms with Gasteiger partial charge in [-0.05, 0) is 42.7 Å². The third kappa shape index (κ3) is 2.57. The van der Waals surface area contributed by atoms with Crippen molar-refractivity contribution in [3.63, 3.8) is 0 Å². The topological polar surface area (TPSA) is 26.0 Å². The molecule has 1 nitrogen and oxygen atoms in total. The largest absolute Gasteiger partial charge is 0.326 e. The van der Waals surface area contributed by atoms with E-state index < -0.39 is 6.17 Å². The molecule has 0 saturated heterocycles. The Morgan fingerprint density at radius 3 is 2.20 bits per heavy atom. The van der Waals surface area contributed by atoms with E-state index >= 15 is 0 Å². The molecule has 1 aliphatic rings. The molecule has 0 aromatic heterocycles. The fraction of sp³-hybridized carbons (Fsp3) is 0.538. The van der Waals surface area contributed by atoms with Crippen molar-refractivity contribution < 1.29 is 4.39 Å². The SMILES string of the molecule is NCc1ccc(C2CCC(F)CC2)cc1. The van der Waals surface area contributed by atoms with Gasteiger partial charge in [0.05, 0.1) is 0 Å². The van der Waals surface area contributed by atoms with Crippen molar-refractivity contribution in [1.29, 1.82) is 0 Å². The van der Waals surface area contributed by atoms with E-state index in [2.05, 4.69) is 24.3 Å². The van der Waals surface area contributed by atoms with Gasteiger partial charge in [0.1, 0.15) is 6.17 Å². The van der Waals surface area contributed by atoms with Crippen molar-refractivity contribution in [1.82, 2.24) is 0 Å². The number of hydrogen-bond acceptors (Lipinski definition) is 1. The van der Waals surface area contributed by atoms with E-state index in [-0.39, 0.29) is 0 Å². The minimum absolute atomic E-state index is 0.559. The summed E-state index contributed by atoms with van der Waals surface area (Å²) in [6.45, 7) is 0.595. The first-order valence-electron chi connectivity index (χ1n) is 5.72. The van der Waals surface area contributed by atoms with Gasteiger partial charge >= 0.3 is 0 Å². The Hall–Kier alpha value is -0.890. The molecule has 0 aliphatic heterocycles. The fourth-order valence-electron chi connectivity index (χ4n) is 2.31. The second-order valence-corrected chi connectivity index (χ2v) is 4.39. The predicted molar refractivity (Wildman–Crippen MR) is 60.4 cm³/mol. The van der Waals surface area contributed by atoms with Crippen LogP contribution < -0.4 is 5.73 Å². The van der Waals surface area contributed by atoms with E-state index in [1.54, 1.807) is 0 Å². The third-order valence-electron chi connectivity index (χ3n) is 3.34. The summed E-state index contributed by atoms with van der Waals surface area (Å²) in [6, 6.07) is 8.45. The summed E-state index contributed by atoms with van der Waals surface area (Å²) in [5.74, 6) is 0.559. The van der Waals surface area contributed by atoms with Crippen molar-refractivity contribution >= 4 is 0 Å². The van der Waals surface area contributed by atoms with Crippen molar-refractivity contribution in [3.05, 3.63) is 35.4 Å². The van der Waals surface area contributed by atoms with Gasteiger partial charge in [-0.3, -0.25) is 0 Å². The zero-order valence-electron chi connectivity index (χ0n) is 8.95. The van der Waals surface area contributed by atoms with Crippen LogP contribution in [-0.4, -0.2) is 6.17 Å². The van der Waals surface area contributed by atoms with E-state index in [1.807, 2.05) is 0 Å². The molecule has 1 fully saturated rings. The van der Waals surface area contributed by atoms with E-state index in [4.69, 9.17) is 5.73 Å². The maximum absolute atomic E-state index is 13.0. The lowest BCUT2D eigenvalue weighted by Crippen LogP contribution is -2.13. The Bertz CT molecular complexity index is 299. The Morgan fingerprint density at radius 2 is 1.67 bits per heavy atom. The quantitative estimate of drug-likeness (QED) is 0.792. The van der Waals surface area contributed by atoms with E-state index in [9.17, 15) is 4.39 Å². The predicted octanol–water partition coefficient (Wildman–Crippen LogP) is 3.14. The Labute approximate surface area is 90.5 Å². The first kappa shape index (κ1) is 10.6. The molecular formula is C13H18FN. The third-order valence-corrected chi connectivity index (χ3v) is 3.34. The van der Waals surface area contributed by atoms with Gasteiger partial charge in [0.15, 0.2) is 0 Å². The first-order chi connectivity index (χ1) is 7.29. The molecule has 15 heavy (non-hydrogen) atoms. The van der Waals surface area contributed by atoms with Gasteiger partial charge in [-0.25, -0.2) is 4.39 Å². The number of halogens is 1. The zero-order valence-corrected chi connectivity index (χ0v) is 8.95. The van der Waals surface area contributed by atoms with Gasteiger partial charge in [0.25, 0.3) is 0 Å². The smallest absolute Gasteiger partial charge is 0.100 e. The molecule has 2 heteroatoms. The van der Waals surface area contributed by atoms with Gasteiger partial charge in [-0.15, -0.1) is 0 Å². The van der Waals surface area contributed by atoms with E-state index in [1.165, 1.54) is 5.56 Å². The molecule has 0 unspecified atom stereocenters. The van der Waals surface area contributed by atoms with Crippen molar-refractivity contribution in [3.8, 4) is 0 Å². The Kier molecular flexibility index (Phi) is 3.37. The molecular weight excluding hydrogens is 189 g/mol. The normalized spacial score (nSPS) is 26.5. The number of nitrogens with two attached hydrogens (primary N) is 1. The molecule has 1 saturated carbocycles. The molecule has 0 atom stereocenters. The maximum atomic E-state index is 13.0. The Balaban J connectivity index is 2.03. The molecule has 1 aromatic rings. The summed E-state index contributed by atoms with van der Waals surface area (Å²) in [5, 5.41) is 0. The number of rotatable bonds is 2. The first-order valence-corrected chi connectivity index (χ1v) is 5.72. The lowest BCUT2D eigenvalue weighted by molar-refractivity contribution is 0.235. The van der Waals surface area contributed by atoms with Gasteiger partial charge in [-0.2, -0.15) is 0 Å². The maximum Gasteiger partial charge on any atom is 0.100 e. The molecule has 2 rings (SSSR count). The van der Waals surface area contributed by atoms with Crippen LogP contribution in [0.1, 0.15) is 42.7 Å². The average Bonchev–Trinajstić information content (AvgIpc) is 2.30. The summed E-state index contributed by atoms with van der Waals surface area (Å²) in [7, 11) is 0. The lowest BCUT2D eigenvalue weighted by atomic mass is 9.83. The van der Waals surface area contributed by atoms with Crippen molar-refractivity contribution in [2.75, 3.05) is 0 Å². The molecule has 0 spiro atoms. The minimum atomic E-state index is -0.565. The molecule has 82 valence electrons. The van der Waals surface area contributed by atoms with Crippen LogP contribution in [0.4, 0.5) is 4.39 Å². The fourth-order valence-corrected chi connectivity index (χ4v) is 2.31. The summed E-state index contributed by atoms with van der Waals surface area (Å²) in [5.41, 5.74) is 8.06. The second kappa shape index (κ2) is 4.75. The lowest BCUT2D eigenvalue weighted by Gasteiger charge is -2.24. The highest BCUT2D eigenvalue weighted by Gasteiger charge is 2.21. The number of hydrogen-bond donors (Lipinski definition) is 1. The molecule has 1 aliphatic carbocycles. The van der Waals surface area contributed by atoms with E-state index in [0.717, 1.165) is 31.2 Å². The Morgan fingerprint density at radius 1 is 1.07 bits per heavy atom. The molecule has 1 aromatic carbocycles.